The number of halogens is 1. The summed E-state index contributed by atoms with van der Waals surface area (Å²) < 4.78 is 21.0. The maximum Gasteiger partial charge on any atom is 0.279 e. The van der Waals surface area contributed by atoms with E-state index in [0.29, 0.717) is 34.9 Å². The highest BCUT2D eigenvalue weighted by atomic mass is 19.1. The van der Waals surface area contributed by atoms with Crippen LogP contribution in [-0.2, 0) is 6.61 Å². The highest BCUT2D eigenvalue weighted by molar-refractivity contribution is 5.80. The lowest BCUT2D eigenvalue weighted by molar-refractivity contribution is 0.307. The minimum absolute atomic E-state index is 0.358. The second-order valence-electron chi connectivity index (χ2n) is 7.05. The Bertz CT molecular complexity index is 1300. The number of para-hydroxylation sites is 1. The molecule has 4 nitrogen and oxygen atoms in total. The van der Waals surface area contributed by atoms with Crippen LogP contribution in [0.5, 0.6) is 5.75 Å². The molecule has 0 spiro atoms. The van der Waals surface area contributed by atoms with Crippen molar-refractivity contribution in [1.82, 2.24) is 9.78 Å². The van der Waals surface area contributed by atoms with Gasteiger partial charge in [0, 0.05) is 11.1 Å². The number of rotatable bonds is 6. The van der Waals surface area contributed by atoms with Crippen molar-refractivity contribution in [3.8, 4) is 22.6 Å². The summed E-state index contributed by atoms with van der Waals surface area (Å²) >= 11 is 0. The van der Waals surface area contributed by atoms with Crippen LogP contribution >= 0.6 is 0 Å². The highest BCUT2D eigenvalue weighted by Crippen LogP contribution is 2.34. The van der Waals surface area contributed by atoms with Crippen LogP contribution in [0.25, 0.3) is 22.9 Å². The van der Waals surface area contributed by atoms with Gasteiger partial charge in [0.25, 0.3) is 5.56 Å². The van der Waals surface area contributed by atoms with Crippen LogP contribution in [0.2, 0.25) is 0 Å². The first-order valence-electron chi connectivity index (χ1n) is 9.87. The molecular formula is C26H21FN2O2. The van der Waals surface area contributed by atoms with Crippen molar-refractivity contribution in [3.63, 3.8) is 0 Å². The SMILES string of the molecule is C=Cc1c(-c2ccccc2OCc2ccccc2)c(C)nn(-c2cccc(F)c2)c1=O. The predicted octanol–water partition coefficient (Wildman–Crippen LogP) is 5.57. The molecule has 0 atom stereocenters. The summed E-state index contributed by atoms with van der Waals surface area (Å²) in [5.74, 6) is 0.204. The maximum absolute atomic E-state index is 13.7. The van der Waals surface area contributed by atoms with Gasteiger partial charge in [-0.25, -0.2) is 4.39 Å². The maximum atomic E-state index is 13.7. The first kappa shape index (κ1) is 20.3. The van der Waals surface area contributed by atoms with Crippen molar-refractivity contribution >= 4 is 6.08 Å². The van der Waals surface area contributed by atoms with Crippen LogP contribution in [0.1, 0.15) is 16.8 Å². The molecule has 0 amide bonds. The van der Waals surface area contributed by atoms with Gasteiger partial charge in [-0.3, -0.25) is 4.79 Å². The Balaban J connectivity index is 1.81. The van der Waals surface area contributed by atoms with E-state index in [-0.39, 0.29) is 5.56 Å². The lowest BCUT2D eigenvalue weighted by atomic mass is 9.98. The molecule has 4 rings (SSSR count). The van der Waals surface area contributed by atoms with Gasteiger partial charge in [0.15, 0.2) is 0 Å². The number of nitrogens with zero attached hydrogens (tertiary/aromatic N) is 2. The van der Waals surface area contributed by atoms with Crippen molar-refractivity contribution in [3.05, 3.63) is 118 Å². The second-order valence-corrected chi connectivity index (χ2v) is 7.05. The van der Waals surface area contributed by atoms with Gasteiger partial charge in [-0.15, -0.1) is 0 Å². The van der Waals surface area contributed by atoms with Gasteiger partial charge >= 0.3 is 0 Å². The predicted molar refractivity (Wildman–Crippen MR) is 121 cm³/mol. The zero-order chi connectivity index (χ0) is 21.8. The topological polar surface area (TPSA) is 44.1 Å². The quantitative estimate of drug-likeness (QED) is 0.416. The first-order valence-corrected chi connectivity index (χ1v) is 9.87. The van der Waals surface area contributed by atoms with E-state index in [9.17, 15) is 9.18 Å². The van der Waals surface area contributed by atoms with Gasteiger partial charge < -0.3 is 4.74 Å². The van der Waals surface area contributed by atoms with E-state index >= 15 is 0 Å². The fourth-order valence-electron chi connectivity index (χ4n) is 3.51. The molecule has 0 aliphatic heterocycles. The van der Waals surface area contributed by atoms with Gasteiger partial charge in [0.05, 0.1) is 16.9 Å². The molecule has 0 aliphatic rings. The summed E-state index contributed by atoms with van der Waals surface area (Å²) in [5, 5.41) is 4.46. The molecule has 3 aromatic carbocycles. The number of hydrogen-bond donors (Lipinski definition) is 0. The largest absolute Gasteiger partial charge is 0.488 e. The Morgan fingerprint density at radius 3 is 2.52 bits per heavy atom. The van der Waals surface area contributed by atoms with Crippen LogP contribution in [0.3, 0.4) is 0 Å². The van der Waals surface area contributed by atoms with Crippen molar-refractivity contribution < 1.29 is 9.13 Å². The molecule has 0 unspecified atom stereocenters. The van der Waals surface area contributed by atoms with E-state index < -0.39 is 5.82 Å². The van der Waals surface area contributed by atoms with E-state index in [1.807, 2.05) is 61.5 Å². The molecule has 0 aliphatic carbocycles. The molecule has 31 heavy (non-hydrogen) atoms. The van der Waals surface area contributed by atoms with E-state index in [1.54, 1.807) is 12.1 Å². The standard InChI is InChI=1S/C26H21FN2O2/c1-3-22-25(18(2)28-29(26(22)30)21-13-9-12-20(27)16-21)23-14-7-8-15-24(23)31-17-19-10-5-4-6-11-19/h3-16H,1,17H2,2H3. The molecule has 0 N–H and O–H groups in total. The van der Waals surface area contributed by atoms with Gasteiger partial charge in [-0.2, -0.15) is 9.78 Å². The van der Waals surface area contributed by atoms with E-state index in [1.165, 1.54) is 22.9 Å². The third-order valence-corrected chi connectivity index (χ3v) is 4.95. The van der Waals surface area contributed by atoms with Gasteiger partial charge in [0.2, 0.25) is 0 Å². The monoisotopic (exact) mass is 412 g/mol. The van der Waals surface area contributed by atoms with Crippen molar-refractivity contribution in [1.29, 1.82) is 0 Å². The number of ether oxygens (including phenoxy) is 1. The summed E-state index contributed by atoms with van der Waals surface area (Å²) in [4.78, 5) is 13.2. The Hall–Kier alpha value is -3.99. The van der Waals surface area contributed by atoms with Crippen LogP contribution in [0.4, 0.5) is 4.39 Å². The van der Waals surface area contributed by atoms with E-state index in [2.05, 4.69) is 11.7 Å². The number of hydrogen-bond acceptors (Lipinski definition) is 3. The lowest BCUT2D eigenvalue weighted by Gasteiger charge is -2.17. The summed E-state index contributed by atoms with van der Waals surface area (Å²) in [6.45, 7) is 6.05. The van der Waals surface area contributed by atoms with E-state index in [4.69, 9.17) is 4.74 Å². The molecule has 4 aromatic rings. The van der Waals surface area contributed by atoms with Crippen molar-refractivity contribution in [2.24, 2.45) is 0 Å². The summed E-state index contributed by atoms with van der Waals surface area (Å²) in [6, 6.07) is 23.2. The second kappa shape index (κ2) is 8.79. The zero-order valence-electron chi connectivity index (χ0n) is 17.1. The van der Waals surface area contributed by atoms with Crippen LogP contribution in [0.15, 0.2) is 90.2 Å². The van der Waals surface area contributed by atoms with E-state index in [0.717, 1.165) is 11.1 Å². The van der Waals surface area contributed by atoms with Gasteiger partial charge in [-0.05, 0) is 36.8 Å². The van der Waals surface area contributed by atoms with Gasteiger partial charge in [0.1, 0.15) is 18.2 Å². The molecule has 0 saturated heterocycles. The first-order chi connectivity index (χ1) is 15.1. The minimum atomic E-state index is -0.437. The zero-order valence-corrected chi connectivity index (χ0v) is 17.1. The average molecular weight is 412 g/mol. The molecule has 5 heteroatoms. The molecule has 154 valence electrons. The number of aryl methyl sites for hydroxylation is 1. The smallest absolute Gasteiger partial charge is 0.279 e. The Labute approximate surface area is 179 Å². The van der Waals surface area contributed by atoms with Gasteiger partial charge in [-0.1, -0.05) is 67.3 Å². The normalized spacial score (nSPS) is 10.6. The molecule has 1 heterocycles. The van der Waals surface area contributed by atoms with Crippen molar-refractivity contribution in [2.75, 3.05) is 0 Å². The lowest BCUT2D eigenvalue weighted by Crippen LogP contribution is -2.25. The number of benzene rings is 3. The summed E-state index contributed by atoms with van der Waals surface area (Å²) in [6.07, 6.45) is 1.51. The third kappa shape index (κ3) is 4.16. The Morgan fingerprint density at radius 2 is 1.77 bits per heavy atom. The number of aromatic nitrogens is 2. The molecule has 0 radical (unpaired) electrons. The molecule has 0 saturated carbocycles. The Kier molecular flexibility index (Phi) is 5.76. The minimum Gasteiger partial charge on any atom is -0.488 e. The fraction of sp³-hybridized carbons (Fsp3) is 0.0769. The summed E-state index contributed by atoms with van der Waals surface area (Å²) in [5.41, 5.74) is 3.41. The van der Waals surface area contributed by atoms with Crippen molar-refractivity contribution in [2.45, 2.75) is 13.5 Å². The Morgan fingerprint density at radius 1 is 1.03 bits per heavy atom. The molecular weight excluding hydrogens is 391 g/mol. The fourth-order valence-corrected chi connectivity index (χ4v) is 3.51. The highest BCUT2D eigenvalue weighted by Gasteiger charge is 2.19. The average Bonchev–Trinajstić information content (AvgIpc) is 2.79. The summed E-state index contributed by atoms with van der Waals surface area (Å²) in [7, 11) is 0. The molecule has 1 aromatic heterocycles. The van der Waals surface area contributed by atoms with Crippen LogP contribution < -0.4 is 10.3 Å². The molecule has 0 bridgehead atoms. The van der Waals surface area contributed by atoms with Crippen LogP contribution in [0, 0.1) is 12.7 Å². The molecule has 0 fully saturated rings. The third-order valence-electron chi connectivity index (χ3n) is 4.95. The van der Waals surface area contributed by atoms with Crippen LogP contribution in [-0.4, -0.2) is 9.78 Å².